The molecule has 0 radical (unpaired) electrons. The predicted molar refractivity (Wildman–Crippen MR) is 96.7 cm³/mol. The minimum atomic E-state index is -3.37. The molecule has 3 heterocycles. The molecule has 1 aliphatic rings. The summed E-state index contributed by atoms with van der Waals surface area (Å²) < 4.78 is 29.1. The number of hydrogen-bond acceptors (Lipinski definition) is 2. The van der Waals surface area contributed by atoms with Gasteiger partial charge in [-0.2, -0.15) is 4.31 Å². The van der Waals surface area contributed by atoms with Crippen LogP contribution >= 0.6 is 0 Å². The normalized spacial score (nSPS) is 16.4. The summed E-state index contributed by atoms with van der Waals surface area (Å²) >= 11 is 0. The molecular weight excluding hydrogens is 334 g/mol. The fourth-order valence-corrected chi connectivity index (χ4v) is 4.93. The first-order valence-electron chi connectivity index (χ1n) is 8.66. The Balaban J connectivity index is 1.66. The van der Waals surface area contributed by atoms with Crippen LogP contribution in [-0.2, 0) is 10.0 Å². The van der Waals surface area contributed by atoms with Crippen molar-refractivity contribution in [3.63, 3.8) is 0 Å². The topological polar surface area (TPSA) is 57.3 Å². The average molecular weight is 356 g/mol. The van der Waals surface area contributed by atoms with Crippen molar-refractivity contribution in [2.24, 2.45) is 0 Å². The van der Waals surface area contributed by atoms with Crippen molar-refractivity contribution in [2.45, 2.75) is 31.1 Å². The van der Waals surface area contributed by atoms with Crippen molar-refractivity contribution in [3.8, 4) is 11.3 Å². The monoisotopic (exact) mass is 356 g/mol. The van der Waals surface area contributed by atoms with Gasteiger partial charge in [0, 0.05) is 24.2 Å². The van der Waals surface area contributed by atoms with E-state index in [1.165, 1.54) is 0 Å². The van der Waals surface area contributed by atoms with Crippen LogP contribution in [-0.4, -0.2) is 30.8 Å². The molecule has 6 heteroatoms. The molecule has 25 heavy (non-hydrogen) atoms. The van der Waals surface area contributed by atoms with E-state index in [2.05, 4.69) is 18.0 Å². The lowest BCUT2D eigenvalue weighted by molar-refractivity contribution is -0.509. The number of aromatic amines is 1. The number of imidazole rings is 1. The number of aromatic nitrogens is 2. The standard InChI is InChI=1S/C19H21N3O2S/c1-15-6-5-11-21-14-18(20-19(15)21)16-7-9-17(10-8-16)25(23,24)22-12-3-2-4-13-22/h5-11,14H,2-4,12-13H2,1H3/p+1. The lowest BCUT2D eigenvalue weighted by atomic mass is 10.2. The number of rotatable bonds is 3. The number of pyridine rings is 1. The SMILES string of the molecule is Cc1ccc[n+]2cc(-c3ccc(S(=O)(=O)N4CCCCC4)cc3)[nH]c12. The molecule has 0 atom stereocenters. The van der Waals surface area contributed by atoms with Crippen molar-refractivity contribution in [3.05, 3.63) is 54.4 Å². The maximum absolute atomic E-state index is 12.7. The second kappa shape index (κ2) is 6.28. The molecule has 0 amide bonds. The van der Waals surface area contributed by atoms with Crippen LogP contribution in [0.1, 0.15) is 24.8 Å². The van der Waals surface area contributed by atoms with Crippen LogP contribution in [0.25, 0.3) is 16.9 Å². The Kier molecular flexibility index (Phi) is 4.09. The molecule has 1 aliphatic heterocycles. The molecule has 2 aromatic heterocycles. The van der Waals surface area contributed by atoms with E-state index in [9.17, 15) is 8.42 Å². The van der Waals surface area contributed by atoms with Gasteiger partial charge in [-0.1, -0.05) is 6.42 Å². The summed E-state index contributed by atoms with van der Waals surface area (Å²) in [6.45, 7) is 3.31. The summed E-state index contributed by atoms with van der Waals surface area (Å²) in [7, 11) is -3.37. The quantitative estimate of drug-likeness (QED) is 0.734. The minimum Gasteiger partial charge on any atom is -0.236 e. The van der Waals surface area contributed by atoms with Crippen molar-refractivity contribution >= 4 is 15.7 Å². The zero-order chi connectivity index (χ0) is 17.4. The number of hydrogen-bond donors (Lipinski definition) is 1. The van der Waals surface area contributed by atoms with E-state index in [0.717, 1.165) is 41.7 Å². The highest BCUT2D eigenvalue weighted by Crippen LogP contribution is 2.24. The van der Waals surface area contributed by atoms with E-state index in [1.807, 2.05) is 35.0 Å². The Labute approximate surface area is 148 Å². The zero-order valence-electron chi connectivity index (χ0n) is 14.3. The number of nitrogens with zero attached hydrogens (tertiary/aromatic N) is 2. The number of sulfonamides is 1. The number of benzene rings is 1. The number of aryl methyl sites for hydroxylation is 1. The first-order chi connectivity index (χ1) is 12.1. The molecule has 1 fully saturated rings. The highest BCUT2D eigenvalue weighted by molar-refractivity contribution is 7.89. The molecule has 3 aromatic rings. The van der Waals surface area contributed by atoms with E-state index in [-0.39, 0.29) is 0 Å². The Morgan fingerprint density at radius 3 is 2.44 bits per heavy atom. The van der Waals surface area contributed by atoms with Gasteiger partial charge in [0.2, 0.25) is 10.0 Å². The zero-order valence-corrected chi connectivity index (χ0v) is 15.1. The van der Waals surface area contributed by atoms with Crippen LogP contribution in [0.5, 0.6) is 0 Å². The van der Waals surface area contributed by atoms with Crippen molar-refractivity contribution in [1.82, 2.24) is 9.29 Å². The molecular formula is C19H22N3O2S+. The molecule has 0 unspecified atom stereocenters. The molecule has 1 N–H and O–H groups in total. The van der Waals surface area contributed by atoms with E-state index < -0.39 is 10.0 Å². The van der Waals surface area contributed by atoms with E-state index in [1.54, 1.807) is 16.4 Å². The van der Waals surface area contributed by atoms with Gasteiger partial charge in [-0.3, -0.25) is 0 Å². The number of H-pyrrole nitrogens is 1. The summed E-state index contributed by atoms with van der Waals surface area (Å²) in [5, 5.41) is 0. The molecule has 4 rings (SSSR count). The summed E-state index contributed by atoms with van der Waals surface area (Å²) in [4.78, 5) is 3.78. The van der Waals surface area contributed by atoms with Crippen LogP contribution in [0.2, 0.25) is 0 Å². The van der Waals surface area contributed by atoms with Gasteiger partial charge in [0.1, 0.15) is 6.20 Å². The molecule has 0 aliphatic carbocycles. The molecule has 1 saturated heterocycles. The number of nitrogens with one attached hydrogen (secondary N) is 1. The molecule has 5 nitrogen and oxygen atoms in total. The van der Waals surface area contributed by atoms with Gasteiger partial charge < -0.3 is 0 Å². The molecule has 130 valence electrons. The second-order valence-corrected chi connectivity index (χ2v) is 8.54. The highest BCUT2D eigenvalue weighted by atomic mass is 32.2. The van der Waals surface area contributed by atoms with Gasteiger partial charge in [0.15, 0.2) is 5.69 Å². The van der Waals surface area contributed by atoms with Gasteiger partial charge in [-0.05, 0) is 56.2 Å². The summed E-state index contributed by atoms with van der Waals surface area (Å²) in [5.74, 6) is 0. The van der Waals surface area contributed by atoms with Gasteiger partial charge >= 0.3 is 0 Å². The van der Waals surface area contributed by atoms with Crippen molar-refractivity contribution in [1.29, 1.82) is 0 Å². The lowest BCUT2D eigenvalue weighted by Gasteiger charge is -2.25. The van der Waals surface area contributed by atoms with Gasteiger partial charge in [0.05, 0.1) is 11.1 Å². The molecule has 1 aromatic carbocycles. The summed E-state index contributed by atoms with van der Waals surface area (Å²) in [6.07, 6.45) is 7.03. The molecule has 0 saturated carbocycles. The summed E-state index contributed by atoms with van der Waals surface area (Å²) in [6, 6.07) is 11.2. The van der Waals surface area contributed by atoms with Gasteiger partial charge in [0.25, 0.3) is 5.65 Å². The maximum Gasteiger partial charge on any atom is 0.287 e. The van der Waals surface area contributed by atoms with Crippen LogP contribution in [0.3, 0.4) is 0 Å². The second-order valence-electron chi connectivity index (χ2n) is 6.60. The lowest BCUT2D eigenvalue weighted by Crippen LogP contribution is -2.35. The highest BCUT2D eigenvalue weighted by Gasteiger charge is 2.26. The number of fused-ring (bicyclic) bond motifs is 1. The van der Waals surface area contributed by atoms with Crippen LogP contribution in [0, 0.1) is 6.92 Å². The molecule has 0 spiro atoms. The van der Waals surface area contributed by atoms with E-state index in [0.29, 0.717) is 18.0 Å². The fourth-order valence-electron chi connectivity index (χ4n) is 3.41. The Hall–Kier alpha value is -2.18. The predicted octanol–water partition coefficient (Wildman–Crippen LogP) is 2.90. The smallest absolute Gasteiger partial charge is 0.236 e. The average Bonchev–Trinajstić information content (AvgIpc) is 3.08. The van der Waals surface area contributed by atoms with Gasteiger partial charge in [-0.15, -0.1) is 0 Å². The number of piperidine rings is 1. The first-order valence-corrected chi connectivity index (χ1v) is 10.1. The summed E-state index contributed by atoms with van der Waals surface area (Å²) in [5.41, 5.74) is 4.15. The van der Waals surface area contributed by atoms with Crippen LogP contribution in [0.4, 0.5) is 0 Å². The van der Waals surface area contributed by atoms with E-state index in [4.69, 9.17) is 0 Å². The largest absolute Gasteiger partial charge is 0.287 e. The van der Waals surface area contributed by atoms with Crippen LogP contribution in [0.15, 0.2) is 53.7 Å². The third-order valence-corrected chi connectivity index (χ3v) is 6.78. The Bertz CT molecular complexity index is 1000. The first kappa shape index (κ1) is 16.3. The van der Waals surface area contributed by atoms with Crippen molar-refractivity contribution in [2.75, 3.05) is 13.1 Å². The Morgan fingerprint density at radius 2 is 1.76 bits per heavy atom. The van der Waals surface area contributed by atoms with E-state index >= 15 is 0 Å². The van der Waals surface area contributed by atoms with Crippen LogP contribution < -0.4 is 4.40 Å². The maximum atomic E-state index is 12.7. The third-order valence-electron chi connectivity index (χ3n) is 4.86. The van der Waals surface area contributed by atoms with Crippen molar-refractivity contribution < 1.29 is 12.8 Å². The fraction of sp³-hybridized carbons (Fsp3) is 0.316. The molecule has 0 bridgehead atoms. The Morgan fingerprint density at radius 1 is 1.04 bits per heavy atom. The van der Waals surface area contributed by atoms with Gasteiger partial charge in [-0.25, -0.2) is 17.8 Å². The minimum absolute atomic E-state index is 0.373. The third kappa shape index (κ3) is 2.96.